The van der Waals surface area contributed by atoms with E-state index in [1.165, 1.54) is 23.5 Å². The third-order valence-electron chi connectivity index (χ3n) is 4.65. The summed E-state index contributed by atoms with van der Waals surface area (Å²) in [6.45, 7) is 0.473. The number of aliphatic hydroxyl groups is 1. The first kappa shape index (κ1) is 16.2. The largest absolute Gasteiger partial charge is 0.395 e. The van der Waals surface area contributed by atoms with Crippen molar-refractivity contribution in [1.29, 1.82) is 0 Å². The van der Waals surface area contributed by atoms with Crippen LogP contribution in [0.2, 0.25) is 0 Å². The molecule has 4 heterocycles. The van der Waals surface area contributed by atoms with Gasteiger partial charge in [-0.1, -0.05) is 0 Å². The van der Waals surface area contributed by atoms with Crippen molar-refractivity contribution in [1.82, 2.24) is 19.5 Å². The van der Waals surface area contributed by atoms with Crippen LogP contribution in [-0.2, 0) is 6.54 Å². The minimum atomic E-state index is -0.287. The van der Waals surface area contributed by atoms with Crippen molar-refractivity contribution in [2.45, 2.75) is 6.54 Å². The van der Waals surface area contributed by atoms with Gasteiger partial charge in [-0.15, -0.1) is 11.3 Å². The SMILES string of the molecule is OCCn1cc(-c2nc(-c3c[nH]c4ncccc34)cs2)c2cc(F)ccc21. The number of hydrogen-bond donors (Lipinski definition) is 2. The van der Waals surface area contributed by atoms with Crippen molar-refractivity contribution in [3.05, 3.63) is 60.1 Å². The average molecular weight is 378 g/mol. The molecule has 0 aliphatic heterocycles. The van der Waals surface area contributed by atoms with Gasteiger partial charge in [-0.3, -0.25) is 0 Å². The van der Waals surface area contributed by atoms with Crippen molar-refractivity contribution in [3.63, 3.8) is 0 Å². The molecule has 5 aromatic rings. The summed E-state index contributed by atoms with van der Waals surface area (Å²) in [5.41, 5.74) is 4.42. The van der Waals surface area contributed by atoms with Gasteiger partial charge < -0.3 is 14.7 Å². The van der Waals surface area contributed by atoms with Gasteiger partial charge in [0.1, 0.15) is 16.5 Å². The zero-order valence-electron chi connectivity index (χ0n) is 14.2. The second-order valence-corrected chi connectivity index (χ2v) is 7.12. The monoisotopic (exact) mass is 378 g/mol. The summed E-state index contributed by atoms with van der Waals surface area (Å²) in [5, 5.41) is 14.0. The van der Waals surface area contributed by atoms with Gasteiger partial charge in [-0.2, -0.15) is 0 Å². The van der Waals surface area contributed by atoms with E-state index in [4.69, 9.17) is 4.98 Å². The number of halogens is 1. The van der Waals surface area contributed by atoms with Crippen molar-refractivity contribution >= 4 is 33.3 Å². The molecule has 0 fully saturated rings. The number of aromatic nitrogens is 4. The third kappa shape index (κ3) is 2.63. The normalized spacial score (nSPS) is 11.6. The number of fused-ring (bicyclic) bond motifs is 2. The summed E-state index contributed by atoms with van der Waals surface area (Å²) in [5.74, 6) is -0.287. The molecular formula is C20H15FN4OS. The maximum absolute atomic E-state index is 13.8. The predicted molar refractivity (Wildman–Crippen MR) is 105 cm³/mol. The Kier molecular flexibility index (Phi) is 3.77. The Morgan fingerprint density at radius 3 is 3.00 bits per heavy atom. The fourth-order valence-electron chi connectivity index (χ4n) is 3.42. The molecule has 0 aliphatic rings. The third-order valence-corrected chi connectivity index (χ3v) is 5.52. The highest BCUT2D eigenvalue weighted by atomic mass is 32.1. The van der Waals surface area contributed by atoms with Crippen LogP contribution in [0.15, 0.2) is 54.3 Å². The molecular weight excluding hydrogens is 363 g/mol. The first-order chi connectivity index (χ1) is 13.2. The summed E-state index contributed by atoms with van der Waals surface area (Å²) < 4.78 is 15.8. The van der Waals surface area contributed by atoms with Crippen molar-refractivity contribution in [2.24, 2.45) is 0 Å². The minimum Gasteiger partial charge on any atom is -0.395 e. The topological polar surface area (TPSA) is 66.7 Å². The fraction of sp³-hybridized carbons (Fsp3) is 0.100. The Hall–Kier alpha value is -3.03. The lowest BCUT2D eigenvalue weighted by atomic mass is 10.1. The quantitative estimate of drug-likeness (QED) is 0.486. The number of pyridine rings is 1. The van der Waals surface area contributed by atoms with Crippen molar-refractivity contribution in [2.75, 3.05) is 6.61 Å². The summed E-state index contributed by atoms with van der Waals surface area (Å²) >= 11 is 1.52. The lowest BCUT2D eigenvalue weighted by molar-refractivity contribution is 0.278. The molecule has 0 spiro atoms. The van der Waals surface area contributed by atoms with E-state index in [-0.39, 0.29) is 12.4 Å². The average Bonchev–Trinajstić information content (AvgIpc) is 3.38. The molecule has 0 aliphatic carbocycles. The van der Waals surface area contributed by atoms with Crippen LogP contribution in [-0.4, -0.2) is 31.2 Å². The highest BCUT2D eigenvalue weighted by Crippen LogP contribution is 2.36. The first-order valence-corrected chi connectivity index (χ1v) is 9.40. The molecule has 0 saturated carbocycles. The number of H-pyrrole nitrogens is 1. The van der Waals surface area contributed by atoms with E-state index in [1.807, 2.05) is 34.5 Å². The number of thiazole rings is 1. The van der Waals surface area contributed by atoms with Crippen LogP contribution < -0.4 is 0 Å². The molecule has 134 valence electrons. The van der Waals surface area contributed by atoms with E-state index in [0.29, 0.717) is 6.54 Å². The molecule has 0 radical (unpaired) electrons. The van der Waals surface area contributed by atoms with Gasteiger partial charge in [-0.05, 0) is 30.3 Å². The molecule has 0 atom stereocenters. The van der Waals surface area contributed by atoms with Gasteiger partial charge in [0.25, 0.3) is 0 Å². The van der Waals surface area contributed by atoms with Gasteiger partial charge in [0, 0.05) is 57.9 Å². The van der Waals surface area contributed by atoms with Crippen molar-refractivity contribution in [3.8, 4) is 21.8 Å². The summed E-state index contributed by atoms with van der Waals surface area (Å²) in [6, 6.07) is 8.61. The smallest absolute Gasteiger partial charge is 0.137 e. The standard InChI is InChI=1S/C20H15FN4OS/c21-12-3-4-18-14(8-12)16(10-25(18)6-7-26)20-24-17(11-27-20)15-9-23-19-13(15)2-1-5-22-19/h1-5,8-11,26H,6-7H2,(H,22,23). The number of aromatic amines is 1. The number of nitrogens with one attached hydrogen (secondary N) is 1. The second-order valence-electron chi connectivity index (χ2n) is 6.26. The molecule has 0 amide bonds. The molecule has 27 heavy (non-hydrogen) atoms. The van der Waals surface area contributed by atoms with Crippen molar-refractivity contribution < 1.29 is 9.50 Å². The Balaban J connectivity index is 1.65. The van der Waals surface area contributed by atoms with Crippen LogP contribution in [0.5, 0.6) is 0 Å². The molecule has 0 saturated heterocycles. The molecule has 0 unspecified atom stereocenters. The summed E-state index contributed by atoms with van der Waals surface area (Å²) in [6.07, 6.45) is 5.59. The number of rotatable bonds is 4. The van der Waals surface area contributed by atoms with Crippen LogP contribution in [0, 0.1) is 5.82 Å². The van der Waals surface area contributed by atoms with Crippen LogP contribution in [0.3, 0.4) is 0 Å². The maximum Gasteiger partial charge on any atom is 0.137 e. The Morgan fingerprint density at radius 1 is 1.19 bits per heavy atom. The maximum atomic E-state index is 13.8. The lowest BCUT2D eigenvalue weighted by Crippen LogP contribution is -1.99. The molecule has 4 aromatic heterocycles. The van der Waals surface area contributed by atoms with Crippen LogP contribution >= 0.6 is 11.3 Å². The molecule has 5 nitrogen and oxygen atoms in total. The lowest BCUT2D eigenvalue weighted by Gasteiger charge is -2.01. The van der Waals surface area contributed by atoms with Gasteiger partial charge in [-0.25, -0.2) is 14.4 Å². The number of aliphatic hydroxyl groups excluding tert-OH is 1. The predicted octanol–water partition coefficient (Wildman–Crippen LogP) is 4.44. The molecule has 5 rings (SSSR count). The first-order valence-electron chi connectivity index (χ1n) is 8.52. The zero-order chi connectivity index (χ0) is 18.4. The van der Waals surface area contributed by atoms with Gasteiger partial charge in [0.15, 0.2) is 0 Å². The molecule has 2 N–H and O–H groups in total. The zero-order valence-corrected chi connectivity index (χ0v) is 15.0. The van der Waals surface area contributed by atoms with Gasteiger partial charge in [0.05, 0.1) is 12.3 Å². The number of benzene rings is 1. The fourth-order valence-corrected chi connectivity index (χ4v) is 4.27. The Morgan fingerprint density at radius 2 is 2.11 bits per heavy atom. The summed E-state index contributed by atoms with van der Waals surface area (Å²) in [7, 11) is 0. The second kappa shape index (κ2) is 6.29. The highest BCUT2D eigenvalue weighted by molar-refractivity contribution is 7.13. The van der Waals surface area contributed by atoms with Gasteiger partial charge in [0.2, 0.25) is 0 Å². The van der Waals surface area contributed by atoms with Crippen LogP contribution in [0.1, 0.15) is 0 Å². The molecule has 1 aromatic carbocycles. The van der Waals surface area contributed by atoms with E-state index in [1.54, 1.807) is 12.3 Å². The van der Waals surface area contributed by atoms with E-state index in [0.717, 1.165) is 43.8 Å². The molecule has 7 heteroatoms. The molecule has 0 bridgehead atoms. The Labute approximate surface area is 157 Å². The number of hydrogen-bond acceptors (Lipinski definition) is 4. The minimum absolute atomic E-state index is 0.0199. The van der Waals surface area contributed by atoms with Crippen LogP contribution in [0.25, 0.3) is 43.8 Å². The summed E-state index contributed by atoms with van der Waals surface area (Å²) in [4.78, 5) is 12.3. The van der Waals surface area contributed by atoms with E-state index < -0.39 is 0 Å². The van der Waals surface area contributed by atoms with Gasteiger partial charge >= 0.3 is 0 Å². The van der Waals surface area contributed by atoms with Crippen LogP contribution in [0.4, 0.5) is 4.39 Å². The van der Waals surface area contributed by atoms with E-state index in [2.05, 4.69) is 9.97 Å². The van der Waals surface area contributed by atoms with E-state index >= 15 is 0 Å². The highest BCUT2D eigenvalue weighted by Gasteiger charge is 2.16. The number of nitrogens with zero attached hydrogens (tertiary/aromatic N) is 3. The van der Waals surface area contributed by atoms with E-state index in [9.17, 15) is 9.50 Å². The Bertz CT molecular complexity index is 1270.